The second-order valence-corrected chi connectivity index (χ2v) is 16.5. The SMILES string of the molecule is N#Cc1c(C2Cc3ccccc3-c3ccccc32)c(C#N)c(-n2c3ccccc3c3ccccc32)c(-n2c3ccccc3c3ccccc32)c1-n1c2ccccc2c2ccccc21. The molecule has 0 saturated carbocycles. The van der Waals surface area contributed by atoms with Gasteiger partial charge in [0.2, 0.25) is 0 Å². The van der Waals surface area contributed by atoms with Crippen molar-refractivity contribution in [3.63, 3.8) is 0 Å². The van der Waals surface area contributed by atoms with Crippen molar-refractivity contribution in [1.82, 2.24) is 13.7 Å². The predicted octanol–water partition coefficient (Wildman–Crippen LogP) is 14.1. The van der Waals surface area contributed by atoms with E-state index >= 15 is 0 Å². The number of rotatable bonds is 4. The van der Waals surface area contributed by atoms with Crippen molar-refractivity contribution in [2.24, 2.45) is 0 Å². The molecule has 13 rings (SSSR count). The number of fused-ring (bicyclic) bond motifs is 12. The third kappa shape index (κ3) is 4.79. The van der Waals surface area contributed by atoms with Crippen molar-refractivity contribution in [2.75, 3.05) is 0 Å². The second-order valence-electron chi connectivity index (χ2n) is 16.5. The largest absolute Gasteiger partial charge is 0.306 e. The molecule has 1 unspecified atom stereocenters. The van der Waals surface area contributed by atoms with Crippen LogP contribution in [0.1, 0.15) is 33.7 Å². The molecular weight excluding hydrogens is 767 g/mol. The monoisotopic (exact) mass is 801 g/mol. The van der Waals surface area contributed by atoms with Gasteiger partial charge < -0.3 is 13.7 Å². The Morgan fingerprint density at radius 2 is 0.667 bits per heavy atom. The van der Waals surface area contributed by atoms with Gasteiger partial charge in [0.1, 0.15) is 12.1 Å². The van der Waals surface area contributed by atoms with Crippen LogP contribution < -0.4 is 0 Å². The summed E-state index contributed by atoms with van der Waals surface area (Å²) < 4.78 is 6.96. The van der Waals surface area contributed by atoms with Crippen LogP contribution in [0, 0.1) is 22.7 Å². The standard InChI is InChI=1S/C58H35N5/c59-34-47-55(46-33-36-17-1-2-18-37(36)38-19-3-4-20-39(38)46)48(35-60)57(62-51-29-13-7-23-42(51)43-24-8-14-30-52(43)62)58(63-53-31-15-9-25-44(53)45-26-10-16-32-54(45)63)56(47)61-49-27-11-5-21-40(49)41-22-6-12-28-50(41)61/h1-32,46H,33H2. The number of nitrogens with zero attached hydrogens (tertiary/aromatic N) is 5. The van der Waals surface area contributed by atoms with E-state index in [1.54, 1.807) is 0 Å². The van der Waals surface area contributed by atoms with Gasteiger partial charge in [-0.15, -0.1) is 0 Å². The first-order valence-corrected chi connectivity index (χ1v) is 21.4. The van der Waals surface area contributed by atoms with E-state index in [0.29, 0.717) is 17.5 Å². The molecule has 0 N–H and O–H groups in total. The van der Waals surface area contributed by atoms with Crippen LogP contribution in [0.5, 0.6) is 0 Å². The van der Waals surface area contributed by atoms with Crippen LogP contribution in [-0.4, -0.2) is 13.7 Å². The Morgan fingerprint density at radius 3 is 1.06 bits per heavy atom. The number of aromatic nitrogens is 3. The van der Waals surface area contributed by atoms with Crippen LogP contribution in [0.15, 0.2) is 194 Å². The van der Waals surface area contributed by atoms with Gasteiger partial charge in [-0.25, -0.2) is 0 Å². The minimum absolute atomic E-state index is 0.314. The fourth-order valence-corrected chi connectivity index (χ4v) is 11.0. The molecule has 0 fully saturated rings. The van der Waals surface area contributed by atoms with E-state index in [9.17, 15) is 10.5 Å². The summed E-state index contributed by atoms with van der Waals surface area (Å²) in [7, 11) is 0. The van der Waals surface area contributed by atoms with Crippen molar-refractivity contribution in [3.8, 4) is 40.3 Å². The Balaban J connectivity index is 1.34. The molecule has 0 aliphatic heterocycles. The molecule has 3 aromatic heterocycles. The van der Waals surface area contributed by atoms with Gasteiger partial charge in [0, 0.05) is 38.2 Å². The lowest BCUT2D eigenvalue weighted by molar-refractivity contribution is 0.784. The summed E-state index contributed by atoms with van der Waals surface area (Å²) >= 11 is 0. The highest BCUT2D eigenvalue weighted by Crippen LogP contribution is 2.51. The van der Waals surface area contributed by atoms with Gasteiger partial charge in [0.15, 0.2) is 0 Å². The summed E-state index contributed by atoms with van der Waals surface area (Å²) in [6, 6.07) is 73.9. The summed E-state index contributed by atoms with van der Waals surface area (Å²) in [5.41, 5.74) is 14.5. The fraction of sp³-hybridized carbons (Fsp3) is 0.0345. The summed E-state index contributed by atoms with van der Waals surface area (Å²) in [5.74, 6) is -0.314. The van der Waals surface area contributed by atoms with E-state index in [1.807, 2.05) is 0 Å². The van der Waals surface area contributed by atoms with Crippen LogP contribution in [0.2, 0.25) is 0 Å². The molecule has 1 aliphatic rings. The van der Waals surface area contributed by atoms with Gasteiger partial charge in [-0.2, -0.15) is 10.5 Å². The first-order valence-electron chi connectivity index (χ1n) is 21.4. The maximum atomic E-state index is 12.2. The maximum absolute atomic E-state index is 12.2. The molecule has 5 heteroatoms. The summed E-state index contributed by atoms with van der Waals surface area (Å²) in [6.07, 6.45) is 0.629. The van der Waals surface area contributed by atoms with E-state index in [1.165, 1.54) is 11.1 Å². The van der Waals surface area contributed by atoms with Crippen LogP contribution >= 0.6 is 0 Å². The Kier molecular flexibility index (Phi) is 7.49. The summed E-state index contributed by atoms with van der Waals surface area (Å²) in [6.45, 7) is 0. The molecule has 0 amide bonds. The lowest BCUT2D eigenvalue weighted by Gasteiger charge is -2.32. The number of hydrogen-bond donors (Lipinski definition) is 0. The average molecular weight is 802 g/mol. The molecule has 1 atom stereocenters. The van der Waals surface area contributed by atoms with E-state index in [2.05, 4.69) is 220 Å². The highest BCUT2D eigenvalue weighted by atomic mass is 15.1. The molecule has 1 aliphatic carbocycles. The smallest absolute Gasteiger partial charge is 0.102 e. The minimum atomic E-state index is -0.314. The van der Waals surface area contributed by atoms with Gasteiger partial charge in [-0.05, 0) is 70.6 Å². The van der Waals surface area contributed by atoms with Gasteiger partial charge in [-0.3, -0.25) is 0 Å². The van der Waals surface area contributed by atoms with Gasteiger partial charge in [-0.1, -0.05) is 158 Å². The lowest BCUT2D eigenvalue weighted by atomic mass is 9.73. The van der Waals surface area contributed by atoms with E-state index < -0.39 is 0 Å². The zero-order valence-electron chi connectivity index (χ0n) is 34.0. The summed E-state index contributed by atoms with van der Waals surface area (Å²) in [4.78, 5) is 0. The van der Waals surface area contributed by atoms with Crippen LogP contribution in [-0.2, 0) is 6.42 Å². The quantitative estimate of drug-likeness (QED) is 0.178. The molecule has 0 spiro atoms. The lowest BCUT2D eigenvalue weighted by Crippen LogP contribution is -2.20. The first kappa shape index (κ1) is 35.1. The Hall–Kier alpha value is -8.64. The van der Waals surface area contributed by atoms with Crippen molar-refractivity contribution in [1.29, 1.82) is 10.5 Å². The molecule has 3 heterocycles. The second kappa shape index (κ2) is 13.4. The topological polar surface area (TPSA) is 62.4 Å². The van der Waals surface area contributed by atoms with Crippen LogP contribution in [0.4, 0.5) is 0 Å². The molecule has 0 radical (unpaired) electrons. The van der Waals surface area contributed by atoms with Crippen molar-refractivity contribution in [2.45, 2.75) is 12.3 Å². The van der Waals surface area contributed by atoms with E-state index in [-0.39, 0.29) is 5.92 Å². The molecule has 5 nitrogen and oxygen atoms in total. The third-order valence-corrected chi connectivity index (χ3v) is 13.5. The zero-order chi connectivity index (χ0) is 41.8. The molecule has 0 bridgehead atoms. The molecular formula is C58H35N5. The number of benzene rings is 9. The molecule has 292 valence electrons. The van der Waals surface area contributed by atoms with Gasteiger partial charge >= 0.3 is 0 Å². The molecule has 63 heavy (non-hydrogen) atoms. The van der Waals surface area contributed by atoms with Crippen molar-refractivity contribution < 1.29 is 0 Å². The number of para-hydroxylation sites is 6. The van der Waals surface area contributed by atoms with Crippen molar-refractivity contribution in [3.05, 3.63) is 222 Å². The Morgan fingerprint density at radius 1 is 0.349 bits per heavy atom. The van der Waals surface area contributed by atoms with E-state index in [4.69, 9.17) is 0 Å². The number of hydrogen-bond acceptors (Lipinski definition) is 2. The zero-order valence-corrected chi connectivity index (χ0v) is 34.0. The number of nitriles is 2. The summed E-state index contributed by atoms with van der Waals surface area (Å²) in [5, 5.41) is 30.9. The third-order valence-electron chi connectivity index (χ3n) is 13.5. The van der Waals surface area contributed by atoms with Crippen LogP contribution in [0.25, 0.3) is 93.6 Å². The van der Waals surface area contributed by atoms with Crippen LogP contribution in [0.3, 0.4) is 0 Å². The van der Waals surface area contributed by atoms with E-state index in [0.717, 1.165) is 99.2 Å². The van der Waals surface area contributed by atoms with Crippen molar-refractivity contribution >= 4 is 65.4 Å². The molecule has 9 aromatic carbocycles. The normalized spacial score (nSPS) is 13.5. The average Bonchev–Trinajstić information content (AvgIpc) is 3.98. The predicted molar refractivity (Wildman–Crippen MR) is 256 cm³/mol. The minimum Gasteiger partial charge on any atom is -0.306 e. The first-order chi connectivity index (χ1) is 31.2. The Bertz CT molecular complexity index is 3680. The Labute approximate surface area is 362 Å². The highest BCUT2D eigenvalue weighted by Gasteiger charge is 2.37. The van der Waals surface area contributed by atoms with Gasteiger partial charge in [0.05, 0.1) is 61.3 Å². The molecule has 0 saturated heterocycles. The molecule has 12 aromatic rings. The highest BCUT2D eigenvalue weighted by molar-refractivity contribution is 6.14. The maximum Gasteiger partial charge on any atom is 0.102 e. The fourth-order valence-electron chi connectivity index (χ4n) is 11.0. The van der Waals surface area contributed by atoms with Gasteiger partial charge in [0.25, 0.3) is 0 Å².